The van der Waals surface area contributed by atoms with E-state index < -0.39 is 0 Å². The van der Waals surface area contributed by atoms with Crippen LogP contribution in [0.25, 0.3) is 0 Å². The van der Waals surface area contributed by atoms with Crippen molar-refractivity contribution in [1.29, 1.82) is 0 Å². The van der Waals surface area contributed by atoms with E-state index in [1.807, 2.05) is 6.08 Å². The zero-order valence-electron chi connectivity index (χ0n) is 5.97. The molecule has 1 saturated heterocycles. The fraction of sp³-hybridized carbons (Fsp3) is 0.750. The Morgan fingerprint density at radius 2 is 2.44 bits per heavy atom. The van der Waals surface area contributed by atoms with Gasteiger partial charge in [0.15, 0.2) is 0 Å². The van der Waals surface area contributed by atoms with Crippen molar-refractivity contribution in [2.24, 2.45) is 5.92 Å². The highest BCUT2D eigenvalue weighted by molar-refractivity contribution is 4.85. The van der Waals surface area contributed by atoms with Gasteiger partial charge in [0.05, 0.1) is 6.10 Å². The summed E-state index contributed by atoms with van der Waals surface area (Å²) in [4.78, 5) is 0. The van der Waals surface area contributed by atoms with Gasteiger partial charge in [-0.15, -0.1) is 6.58 Å². The molecule has 0 spiro atoms. The van der Waals surface area contributed by atoms with Crippen LogP contribution < -0.4 is 0 Å². The lowest BCUT2D eigenvalue weighted by Gasteiger charge is -2.26. The molecule has 1 aliphatic heterocycles. The van der Waals surface area contributed by atoms with Crippen molar-refractivity contribution in [3.05, 3.63) is 12.7 Å². The zero-order valence-corrected chi connectivity index (χ0v) is 5.97. The van der Waals surface area contributed by atoms with Crippen molar-refractivity contribution in [2.45, 2.75) is 25.9 Å². The number of rotatable bonds is 1. The molecule has 0 bridgehead atoms. The highest BCUT2D eigenvalue weighted by Gasteiger charge is 2.17. The van der Waals surface area contributed by atoms with E-state index in [1.54, 1.807) is 0 Å². The van der Waals surface area contributed by atoms with E-state index in [1.165, 1.54) is 12.8 Å². The maximum atomic E-state index is 5.41. The first-order valence-corrected chi connectivity index (χ1v) is 3.58. The molecule has 1 nitrogen and oxygen atoms in total. The first kappa shape index (κ1) is 6.81. The van der Waals surface area contributed by atoms with Gasteiger partial charge in [0.2, 0.25) is 0 Å². The van der Waals surface area contributed by atoms with Crippen molar-refractivity contribution in [3.8, 4) is 0 Å². The van der Waals surface area contributed by atoms with E-state index in [4.69, 9.17) is 4.74 Å². The van der Waals surface area contributed by atoms with Gasteiger partial charge in [-0.1, -0.05) is 6.08 Å². The van der Waals surface area contributed by atoms with Crippen LogP contribution in [0.1, 0.15) is 19.8 Å². The summed E-state index contributed by atoms with van der Waals surface area (Å²) in [6.07, 6.45) is 4.85. The molecule has 0 aromatic carbocycles. The Labute approximate surface area is 56.7 Å². The minimum Gasteiger partial charge on any atom is -0.378 e. The van der Waals surface area contributed by atoms with Crippen LogP contribution >= 0.6 is 0 Å². The van der Waals surface area contributed by atoms with Gasteiger partial charge in [-0.05, 0) is 19.8 Å². The van der Waals surface area contributed by atoms with Crippen LogP contribution in [0.15, 0.2) is 12.7 Å². The molecule has 1 aliphatic rings. The highest BCUT2D eigenvalue weighted by atomic mass is 16.5. The molecule has 1 fully saturated rings. The molecule has 1 rings (SSSR count). The third kappa shape index (κ3) is 1.55. The summed E-state index contributed by atoms with van der Waals surface area (Å²) < 4.78 is 5.41. The molecule has 0 aromatic heterocycles. The lowest BCUT2D eigenvalue weighted by atomic mass is 9.96. The third-order valence-electron chi connectivity index (χ3n) is 1.97. The highest BCUT2D eigenvalue weighted by Crippen LogP contribution is 2.20. The Morgan fingerprint density at radius 3 is 2.89 bits per heavy atom. The fourth-order valence-electron chi connectivity index (χ4n) is 1.26. The Hall–Kier alpha value is -0.300. The van der Waals surface area contributed by atoms with Crippen molar-refractivity contribution in [3.63, 3.8) is 0 Å². The second kappa shape index (κ2) is 3.02. The van der Waals surface area contributed by atoms with Gasteiger partial charge in [-0.2, -0.15) is 0 Å². The zero-order chi connectivity index (χ0) is 6.69. The summed E-state index contributed by atoms with van der Waals surface area (Å²) in [5.41, 5.74) is 0. The molecule has 9 heavy (non-hydrogen) atoms. The molecule has 0 amide bonds. The maximum Gasteiger partial charge on any atom is 0.0609 e. The lowest BCUT2D eigenvalue weighted by Crippen LogP contribution is -2.24. The Kier molecular flexibility index (Phi) is 2.29. The van der Waals surface area contributed by atoms with Crippen LogP contribution in [-0.2, 0) is 4.74 Å². The number of hydrogen-bond acceptors (Lipinski definition) is 1. The van der Waals surface area contributed by atoms with Crippen molar-refractivity contribution in [2.75, 3.05) is 6.61 Å². The van der Waals surface area contributed by atoms with Crippen molar-refractivity contribution >= 4 is 0 Å². The predicted molar refractivity (Wildman–Crippen MR) is 38.3 cm³/mol. The van der Waals surface area contributed by atoms with E-state index >= 15 is 0 Å². The smallest absolute Gasteiger partial charge is 0.0609 e. The second-order valence-electron chi connectivity index (χ2n) is 2.62. The average molecular weight is 126 g/mol. The normalized spacial score (nSPS) is 36.1. The fourth-order valence-corrected chi connectivity index (χ4v) is 1.26. The lowest BCUT2D eigenvalue weighted by molar-refractivity contribution is 0.00160. The van der Waals surface area contributed by atoms with E-state index in [-0.39, 0.29) is 0 Å². The molecule has 0 N–H and O–H groups in total. The Balaban J connectivity index is 2.38. The third-order valence-corrected chi connectivity index (χ3v) is 1.97. The molecule has 52 valence electrons. The first-order chi connectivity index (χ1) is 4.34. The molecule has 0 radical (unpaired) electrons. The van der Waals surface area contributed by atoms with Gasteiger partial charge in [0.25, 0.3) is 0 Å². The molecule has 0 aliphatic carbocycles. The van der Waals surface area contributed by atoms with Crippen LogP contribution in [-0.4, -0.2) is 12.7 Å². The standard InChI is InChI=1S/C8H14O/c1-3-8-5-4-6-9-7(8)2/h3,7-8H,1,4-6H2,2H3/t7-,8-/m0/s1. The summed E-state index contributed by atoms with van der Waals surface area (Å²) in [7, 11) is 0. The average Bonchev–Trinajstić information content (AvgIpc) is 1.89. The SMILES string of the molecule is C=C[C@H]1CCCO[C@H]1C. The van der Waals surface area contributed by atoms with Crippen molar-refractivity contribution in [1.82, 2.24) is 0 Å². The van der Waals surface area contributed by atoms with E-state index in [0.717, 1.165) is 6.61 Å². The molecule has 1 heterocycles. The van der Waals surface area contributed by atoms with E-state index in [0.29, 0.717) is 12.0 Å². The topological polar surface area (TPSA) is 9.23 Å². The number of hydrogen-bond donors (Lipinski definition) is 0. The van der Waals surface area contributed by atoms with Gasteiger partial charge in [-0.3, -0.25) is 0 Å². The van der Waals surface area contributed by atoms with Gasteiger partial charge < -0.3 is 4.74 Å². The van der Waals surface area contributed by atoms with Gasteiger partial charge in [0.1, 0.15) is 0 Å². The number of ether oxygens (including phenoxy) is 1. The van der Waals surface area contributed by atoms with Crippen molar-refractivity contribution < 1.29 is 4.74 Å². The first-order valence-electron chi connectivity index (χ1n) is 3.58. The minimum absolute atomic E-state index is 0.399. The molecular formula is C8H14O. The molecular weight excluding hydrogens is 112 g/mol. The quantitative estimate of drug-likeness (QED) is 0.488. The summed E-state index contributed by atoms with van der Waals surface area (Å²) in [5.74, 6) is 0.596. The largest absolute Gasteiger partial charge is 0.378 e. The van der Waals surface area contributed by atoms with Crippen LogP contribution in [0.4, 0.5) is 0 Å². The Bertz CT molecular complexity index is 98.7. The monoisotopic (exact) mass is 126 g/mol. The van der Waals surface area contributed by atoms with Crippen LogP contribution in [0.5, 0.6) is 0 Å². The van der Waals surface area contributed by atoms with Gasteiger partial charge in [-0.25, -0.2) is 0 Å². The molecule has 0 saturated carbocycles. The summed E-state index contributed by atoms with van der Waals surface area (Å²) in [6, 6.07) is 0. The summed E-state index contributed by atoms with van der Waals surface area (Å²) in [6.45, 7) is 6.81. The molecule has 2 atom stereocenters. The maximum absolute atomic E-state index is 5.41. The molecule has 0 aromatic rings. The van der Waals surface area contributed by atoms with E-state index in [9.17, 15) is 0 Å². The van der Waals surface area contributed by atoms with Crippen LogP contribution in [0.3, 0.4) is 0 Å². The Morgan fingerprint density at radius 1 is 1.67 bits per heavy atom. The summed E-state index contributed by atoms with van der Waals surface area (Å²) in [5, 5.41) is 0. The van der Waals surface area contributed by atoms with E-state index in [2.05, 4.69) is 13.5 Å². The molecule has 0 unspecified atom stereocenters. The van der Waals surface area contributed by atoms with Gasteiger partial charge in [0, 0.05) is 12.5 Å². The summed E-state index contributed by atoms with van der Waals surface area (Å²) >= 11 is 0. The predicted octanol–water partition coefficient (Wildman–Crippen LogP) is 1.99. The van der Waals surface area contributed by atoms with Crippen LogP contribution in [0.2, 0.25) is 0 Å². The second-order valence-corrected chi connectivity index (χ2v) is 2.62. The van der Waals surface area contributed by atoms with Gasteiger partial charge >= 0.3 is 0 Å². The minimum atomic E-state index is 0.399. The van der Waals surface area contributed by atoms with Crippen LogP contribution in [0, 0.1) is 5.92 Å². The molecule has 1 heteroatoms.